The lowest BCUT2D eigenvalue weighted by Gasteiger charge is -2.34. The van der Waals surface area contributed by atoms with Gasteiger partial charge in [0.2, 0.25) is 0 Å². The molecular weight excluding hydrogens is 233 g/mol. The van der Waals surface area contributed by atoms with E-state index < -0.39 is 5.60 Å². The Labute approximate surface area is 108 Å². The fourth-order valence-corrected chi connectivity index (χ4v) is 2.23. The van der Waals surface area contributed by atoms with Crippen LogP contribution in [0.1, 0.15) is 32.4 Å². The maximum atomic E-state index is 13.7. The Balaban J connectivity index is 3.05. The number of methoxy groups -OCH3 is 1. The zero-order valence-corrected chi connectivity index (χ0v) is 11.7. The lowest BCUT2D eigenvalue weighted by molar-refractivity contribution is -0.0375. The van der Waals surface area contributed by atoms with Crippen LogP contribution < -0.4 is 10.1 Å². The lowest BCUT2D eigenvalue weighted by Crippen LogP contribution is -2.40. The molecule has 0 bridgehead atoms. The van der Waals surface area contributed by atoms with E-state index in [1.165, 1.54) is 13.2 Å². The maximum Gasteiger partial charge on any atom is 0.165 e. The molecule has 1 atom stereocenters. The Kier molecular flexibility index (Phi) is 5.11. The molecular formula is C14H22FNO2. The van der Waals surface area contributed by atoms with Gasteiger partial charge in [0.05, 0.1) is 18.8 Å². The summed E-state index contributed by atoms with van der Waals surface area (Å²) in [4.78, 5) is 0. The second kappa shape index (κ2) is 6.16. The topological polar surface area (TPSA) is 30.5 Å². The second-order valence-corrected chi connectivity index (χ2v) is 4.65. The first-order valence-corrected chi connectivity index (χ1v) is 6.11. The van der Waals surface area contributed by atoms with E-state index in [-0.39, 0.29) is 17.6 Å². The normalized spacial score (nSPS) is 13.4. The molecule has 18 heavy (non-hydrogen) atoms. The average molecular weight is 255 g/mol. The smallest absolute Gasteiger partial charge is 0.165 e. The number of hydrogen-bond donors (Lipinski definition) is 1. The molecule has 1 aromatic rings. The molecule has 0 aliphatic heterocycles. The van der Waals surface area contributed by atoms with Crippen molar-refractivity contribution in [1.29, 1.82) is 0 Å². The summed E-state index contributed by atoms with van der Waals surface area (Å²) >= 11 is 0. The summed E-state index contributed by atoms with van der Waals surface area (Å²) in [6, 6.07) is 4.89. The fourth-order valence-electron chi connectivity index (χ4n) is 2.23. The van der Waals surface area contributed by atoms with Gasteiger partial charge in [0.25, 0.3) is 0 Å². The van der Waals surface area contributed by atoms with E-state index in [1.54, 1.807) is 6.07 Å². The van der Waals surface area contributed by atoms with Crippen molar-refractivity contribution in [2.45, 2.75) is 32.4 Å². The Hall–Kier alpha value is -1.13. The van der Waals surface area contributed by atoms with Gasteiger partial charge in [-0.2, -0.15) is 0 Å². The van der Waals surface area contributed by atoms with Gasteiger partial charge in [0, 0.05) is 6.61 Å². The van der Waals surface area contributed by atoms with Gasteiger partial charge >= 0.3 is 0 Å². The van der Waals surface area contributed by atoms with Crippen LogP contribution in [0.5, 0.6) is 5.75 Å². The largest absolute Gasteiger partial charge is 0.494 e. The van der Waals surface area contributed by atoms with Crippen molar-refractivity contribution in [3.63, 3.8) is 0 Å². The molecule has 1 N–H and O–H groups in total. The van der Waals surface area contributed by atoms with Crippen LogP contribution in [0.3, 0.4) is 0 Å². The van der Waals surface area contributed by atoms with Crippen LogP contribution in [0.15, 0.2) is 18.2 Å². The Morgan fingerprint density at radius 3 is 2.50 bits per heavy atom. The van der Waals surface area contributed by atoms with Crippen molar-refractivity contribution < 1.29 is 13.9 Å². The van der Waals surface area contributed by atoms with Crippen LogP contribution in [-0.2, 0) is 4.74 Å². The predicted molar refractivity (Wildman–Crippen MR) is 70.5 cm³/mol. The monoisotopic (exact) mass is 255 g/mol. The molecule has 1 rings (SSSR count). The molecule has 0 spiro atoms. The Morgan fingerprint density at radius 2 is 2.06 bits per heavy atom. The maximum absolute atomic E-state index is 13.7. The second-order valence-electron chi connectivity index (χ2n) is 4.65. The van der Waals surface area contributed by atoms with Crippen LogP contribution in [0.4, 0.5) is 4.39 Å². The average Bonchev–Trinajstić information content (AvgIpc) is 2.29. The molecule has 0 saturated carbocycles. The van der Waals surface area contributed by atoms with Crippen molar-refractivity contribution in [3.8, 4) is 5.75 Å². The molecule has 1 unspecified atom stereocenters. The first-order valence-electron chi connectivity index (χ1n) is 6.11. The number of halogens is 1. The molecule has 3 nitrogen and oxygen atoms in total. The summed E-state index contributed by atoms with van der Waals surface area (Å²) in [5, 5.41) is 3.18. The van der Waals surface area contributed by atoms with E-state index in [9.17, 15) is 4.39 Å². The van der Waals surface area contributed by atoms with Crippen molar-refractivity contribution in [2.75, 3.05) is 20.8 Å². The predicted octanol–water partition coefficient (Wildman–Crippen LogP) is 2.91. The SMILES string of the molecule is CCOC(C)(C)C(NC)c1ccc(OC)c(F)c1. The first kappa shape index (κ1) is 14.9. The highest BCUT2D eigenvalue weighted by atomic mass is 19.1. The van der Waals surface area contributed by atoms with Gasteiger partial charge in [-0.25, -0.2) is 4.39 Å². The third-order valence-electron chi connectivity index (χ3n) is 3.01. The molecule has 0 radical (unpaired) electrons. The molecule has 0 saturated heterocycles. The minimum Gasteiger partial charge on any atom is -0.494 e. The fraction of sp³-hybridized carbons (Fsp3) is 0.571. The van der Waals surface area contributed by atoms with E-state index in [0.29, 0.717) is 6.61 Å². The molecule has 0 aromatic heterocycles. The summed E-state index contributed by atoms with van der Waals surface area (Å²) in [5.74, 6) is -0.106. The number of ether oxygens (including phenoxy) is 2. The van der Waals surface area contributed by atoms with Gasteiger partial charge < -0.3 is 14.8 Å². The molecule has 0 fully saturated rings. The first-order chi connectivity index (χ1) is 8.46. The molecule has 0 aliphatic carbocycles. The number of benzene rings is 1. The van der Waals surface area contributed by atoms with Crippen molar-refractivity contribution in [1.82, 2.24) is 5.32 Å². The van der Waals surface area contributed by atoms with E-state index >= 15 is 0 Å². The van der Waals surface area contributed by atoms with Crippen LogP contribution in [0.2, 0.25) is 0 Å². The zero-order chi connectivity index (χ0) is 13.8. The Morgan fingerprint density at radius 1 is 1.39 bits per heavy atom. The summed E-state index contributed by atoms with van der Waals surface area (Å²) in [6.45, 7) is 6.53. The van der Waals surface area contributed by atoms with E-state index in [1.807, 2.05) is 33.9 Å². The minimum absolute atomic E-state index is 0.0853. The van der Waals surface area contributed by atoms with Gasteiger partial charge in [0.1, 0.15) is 0 Å². The number of hydrogen-bond acceptors (Lipinski definition) is 3. The van der Waals surface area contributed by atoms with E-state index in [2.05, 4.69) is 5.32 Å². The van der Waals surface area contributed by atoms with E-state index in [4.69, 9.17) is 9.47 Å². The van der Waals surface area contributed by atoms with Gasteiger partial charge in [-0.1, -0.05) is 6.07 Å². The molecule has 0 aliphatic rings. The summed E-state index contributed by atoms with van der Waals surface area (Å²) < 4.78 is 24.4. The van der Waals surface area contributed by atoms with Gasteiger partial charge in [-0.05, 0) is 45.5 Å². The third kappa shape index (κ3) is 3.21. The van der Waals surface area contributed by atoms with Gasteiger partial charge in [-0.15, -0.1) is 0 Å². The summed E-state index contributed by atoms with van der Waals surface area (Å²) in [7, 11) is 3.30. The highest BCUT2D eigenvalue weighted by molar-refractivity contribution is 5.32. The zero-order valence-electron chi connectivity index (χ0n) is 11.7. The number of likely N-dealkylation sites (N-methyl/N-ethyl adjacent to an activating group) is 1. The highest BCUT2D eigenvalue weighted by Crippen LogP contribution is 2.30. The van der Waals surface area contributed by atoms with Crippen molar-refractivity contribution in [3.05, 3.63) is 29.6 Å². The molecule has 0 amide bonds. The van der Waals surface area contributed by atoms with E-state index in [0.717, 1.165) is 5.56 Å². The quantitative estimate of drug-likeness (QED) is 0.847. The molecule has 102 valence electrons. The van der Waals surface area contributed by atoms with Gasteiger partial charge in [0.15, 0.2) is 11.6 Å². The lowest BCUT2D eigenvalue weighted by atomic mass is 9.91. The number of nitrogens with one attached hydrogen (secondary N) is 1. The highest BCUT2D eigenvalue weighted by Gasteiger charge is 2.30. The van der Waals surface area contributed by atoms with Crippen LogP contribution in [0.25, 0.3) is 0 Å². The summed E-state index contributed by atoms with van der Waals surface area (Å²) in [5.41, 5.74) is 0.430. The van der Waals surface area contributed by atoms with Crippen LogP contribution >= 0.6 is 0 Å². The minimum atomic E-state index is -0.412. The summed E-state index contributed by atoms with van der Waals surface area (Å²) in [6.07, 6.45) is 0. The molecule has 1 aromatic carbocycles. The van der Waals surface area contributed by atoms with Crippen molar-refractivity contribution in [2.24, 2.45) is 0 Å². The molecule has 0 heterocycles. The number of rotatable bonds is 6. The van der Waals surface area contributed by atoms with Crippen molar-refractivity contribution >= 4 is 0 Å². The molecule has 4 heteroatoms. The third-order valence-corrected chi connectivity index (χ3v) is 3.01. The van der Waals surface area contributed by atoms with Gasteiger partial charge in [-0.3, -0.25) is 0 Å². The standard InChI is InChI=1S/C14H22FNO2/c1-6-18-14(2,3)13(16-4)10-7-8-12(17-5)11(15)9-10/h7-9,13,16H,6H2,1-5H3. The Bertz CT molecular complexity index is 393. The van der Waals surface area contributed by atoms with Crippen LogP contribution in [0, 0.1) is 5.82 Å². The van der Waals surface area contributed by atoms with Crippen LogP contribution in [-0.4, -0.2) is 26.4 Å².